The summed E-state index contributed by atoms with van der Waals surface area (Å²) in [5.74, 6) is -2.06. The molecule has 1 saturated heterocycles. The Labute approximate surface area is 143 Å². The van der Waals surface area contributed by atoms with E-state index < -0.39 is 17.6 Å². The number of rotatable bonds is 2. The highest BCUT2D eigenvalue weighted by molar-refractivity contribution is 6.39. The summed E-state index contributed by atoms with van der Waals surface area (Å²) in [4.78, 5) is 39.3. The summed E-state index contributed by atoms with van der Waals surface area (Å²) in [6.45, 7) is 1.08. The number of halogens is 1. The molecule has 0 unspecified atom stereocenters. The van der Waals surface area contributed by atoms with Gasteiger partial charge in [-0.05, 0) is 30.3 Å². The van der Waals surface area contributed by atoms with Gasteiger partial charge in [-0.25, -0.2) is 4.39 Å². The Morgan fingerprint density at radius 1 is 1.00 bits per heavy atom. The highest BCUT2D eigenvalue weighted by atomic mass is 19.1. The number of nitrogens with one attached hydrogen (secondary N) is 1. The molecule has 1 aromatic heterocycles. The minimum atomic E-state index is -0.837. The van der Waals surface area contributed by atoms with Crippen molar-refractivity contribution in [3.8, 4) is 0 Å². The second kappa shape index (κ2) is 7.16. The first-order valence-electron chi connectivity index (χ1n) is 7.73. The second-order valence-electron chi connectivity index (χ2n) is 5.53. The van der Waals surface area contributed by atoms with Crippen molar-refractivity contribution in [1.82, 2.24) is 9.80 Å². The zero-order valence-electron chi connectivity index (χ0n) is 13.3. The van der Waals surface area contributed by atoms with Gasteiger partial charge in [0, 0.05) is 31.9 Å². The van der Waals surface area contributed by atoms with E-state index in [0.717, 1.165) is 6.07 Å². The number of hydrogen-bond acceptors (Lipinski definition) is 4. The second-order valence-corrected chi connectivity index (χ2v) is 5.53. The van der Waals surface area contributed by atoms with Crippen LogP contribution in [0.1, 0.15) is 10.6 Å². The molecule has 2 aromatic rings. The highest BCUT2D eigenvalue weighted by Gasteiger charge is 2.29. The average Bonchev–Trinajstić information content (AvgIpc) is 3.15. The van der Waals surface area contributed by atoms with Crippen molar-refractivity contribution < 1.29 is 23.2 Å². The Bertz CT molecular complexity index is 783. The Kier molecular flexibility index (Phi) is 4.78. The van der Waals surface area contributed by atoms with Crippen LogP contribution in [0, 0.1) is 5.82 Å². The van der Waals surface area contributed by atoms with E-state index in [1.165, 1.54) is 29.4 Å². The lowest BCUT2D eigenvalue weighted by molar-refractivity contribution is -0.144. The number of anilines is 1. The summed E-state index contributed by atoms with van der Waals surface area (Å²) >= 11 is 0. The molecule has 7 nitrogen and oxygen atoms in total. The number of furan rings is 1. The summed E-state index contributed by atoms with van der Waals surface area (Å²) in [7, 11) is 0. The van der Waals surface area contributed by atoms with Crippen LogP contribution in [0.2, 0.25) is 0 Å². The maximum Gasteiger partial charge on any atom is 0.313 e. The molecule has 0 saturated carbocycles. The van der Waals surface area contributed by atoms with E-state index in [1.54, 1.807) is 17.0 Å². The molecule has 0 bridgehead atoms. The largest absolute Gasteiger partial charge is 0.459 e. The smallest absolute Gasteiger partial charge is 0.313 e. The number of amides is 3. The molecule has 1 fully saturated rings. The molecule has 0 atom stereocenters. The van der Waals surface area contributed by atoms with Crippen LogP contribution in [0.25, 0.3) is 0 Å². The number of hydrogen-bond donors (Lipinski definition) is 1. The molecular formula is C17H16FN3O4. The van der Waals surface area contributed by atoms with Gasteiger partial charge >= 0.3 is 11.8 Å². The lowest BCUT2D eigenvalue weighted by Crippen LogP contribution is -2.52. The van der Waals surface area contributed by atoms with Gasteiger partial charge in [-0.1, -0.05) is 6.07 Å². The van der Waals surface area contributed by atoms with Crippen molar-refractivity contribution in [1.29, 1.82) is 0 Å². The Morgan fingerprint density at radius 3 is 2.36 bits per heavy atom. The number of carbonyl (C=O) groups is 3. The fourth-order valence-electron chi connectivity index (χ4n) is 2.56. The van der Waals surface area contributed by atoms with E-state index in [0.29, 0.717) is 13.1 Å². The first-order valence-corrected chi connectivity index (χ1v) is 7.73. The maximum absolute atomic E-state index is 13.1. The van der Waals surface area contributed by atoms with Crippen LogP contribution in [-0.2, 0) is 9.59 Å². The SMILES string of the molecule is O=C(Nc1cccc(F)c1)C(=O)N1CCN(C(=O)c2ccco2)CC1. The van der Waals surface area contributed by atoms with Gasteiger partial charge in [0.15, 0.2) is 5.76 Å². The molecule has 0 radical (unpaired) electrons. The lowest BCUT2D eigenvalue weighted by Gasteiger charge is -2.33. The van der Waals surface area contributed by atoms with E-state index in [4.69, 9.17) is 4.42 Å². The topological polar surface area (TPSA) is 82.9 Å². The molecule has 130 valence electrons. The maximum atomic E-state index is 13.1. The van der Waals surface area contributed by atoms with E-state index in [9.17, 15) is 18.8 Å². The molecule has 8 heteroatoms. The number of piperazine rings is 1. The van der Waals surface area contributed by atoms with Gasteiger partial charge in [0.2, 0.25) is 0 Å². The van der Waals surface area contributed by atoms with Crippen LogP contribution < -0.4 is 5.32 Å². The fraction of sp³-hybridized carbons (Fsp3) is 0.235. The quantitative estimate of drug-likeness (QED) is 0.833. The molecule has 3 amide bonds. The Balaban J connectivity index is 1.54. The van der Waals surface area contributed by atoms with Crippen molar-refractivity contribution in [2.24, 2.45) is 0 Å². The van der Waals surface area contributed by atoms with Gasteiger partial charge in [-0.2, -0.15) is 0 Å². The summed E-state index contributed by atoms with van der Waals surface area (Å²) < 4.78 is 18.2. The molecule has 1 aliphatic heterocycles. The molecular weight excluding hydrogens is 329 g/mol. The van der Waals surface area contributed by atoms with Crippen LogP contribution in [0.15, 0.2) is 47.1 Å². The Hall–Kier alpha value is -3.16. The summed E-state index contributed by atoms with van der Waals surface area (Å²) in [5.41, 5.74) is 0.213. The normalized spacial score (nSPS) is 14.3. The number of benzene rings is 1. The minimum Gasteiger partial charge on any atom is -0.459 e. The van der Waals surface area contributed by atoms with Gasteiger partial charge in [0.05, 0.1) is 6.26 Å². The molecule has 1 N–H and O–H groups in total. The lowest BCUT2D eigenvalue weighted by atomic mass is 10.2. The monoisotopic (exact) mass is 345 g/mol. The molecule has 1 aromatic carbocycles. The van der Waals surface area contributed by atoms with E-state index in [1.807, 2.05) is 0 Å². The first-order chi connectivity index (χ1) is 12.0. The minimum absolute atomic E-state index is 0.213. The third kappa shape index (κ3) is 3.85. The average molecular weight is 345 g/mol. The summed E-state index contributed by atoms with van der Waals surface area (Å²) in [6.07, 6.45) is 1.42. The van der Waals surface area contributed by atoms with E-state index in [-0.39, 0.29) is 30.4 Å². The van der Waals surface area contributed by atoms with Gasteiger partial charge in [0.25, 0.3) is 5.91 Å². The van der Waals surface area contributed by atoms with Crippen molar-refractivity contribution in [2.75, 3.05) is 31.5 Å². The predicted octanol–water partition coefficient (Wildman–Crippen LogP) is 1.34. The van der Waals surface area contributed by atoms with Gasteiger partial charge < -0.3 is 19.5 Å². The molecule has 25 heavy (non-hydrogen) atoms. The number of carbonyl (C=O) groups excluding carboxylic acids is 3. The zero-order valence-corrected chi connectivity index (χ0v) is 13.3. The predicted molar refractivity (Wildman–Crippen MR) is 86.2 cm³/mol. The van der Waals surface area contributed by atoms with Crippen molar-refractivity contribution in [2.45, 2.75) is 0 Å². The van der Waals surface area contributed by atoms with Crippen LogP contribution >= 0.6 is 0 Å². The van der Waals surface area contributed by atoms with Crippen LogP contribution in [-0.4, -0.2) is 53.7 Å². The summed E-state index contributed by atoms with van der Waals surface area (Å²) in [5, 5.41) is 2.37. The highest BCUT2D eigenvalue weighted by Crippen LogP contribution is 2.12. The molecule has 0 spiro atoms. The molecule has 1 aliphatic rings. The van der Waals surface area contributed by atoms with Crippen molar-refractivity contribution in [3.63, 3.8) is 0 Å². The third-order valence-corrected chi connectivity index (χ3v) is 3.86. The van der Waals surface area contributed by atoms with E-state index in [2.05, 4.69) is 5.32 Å². The van der Waals surface area contributed by atoms with Crippen LogP contribution in [0.5, 0.6) is 0 Å². The van der Waals surface area contributed by atoms with Gasteiger partial charge in [-0.3, -0.25) is 14.4 Å². The molecule has 2 heterocycles. The summed E-state index contributed by atoms with van der Waals surface area (Å²) in [6, 6.07) is 8.51. The van der Waals surface area contributed by atoms with E-state index >= 15 is 0 Å². The Morgan fingerprint density at radius 2 is 1.72 bits per heavy atom. The zero-order chi connectivity index (χ0) is 17.8. The standard InChI is InChI=1S/C17H16FN3O4/c18-12-3-1-4-13(11-12)19-15(22)17(24)21-8-6-20(7-9-21)16(23)14-5-2-10-25-14/h1-5,10-11H,6-9H2,(H,19,22). The number of nitrogens with zero attached hydrogens (tertiary/aromatic N) is 2. The molecule has 3 rings (SSSR count). The van der Waals surface area contributed by atoms with Gasteiger partial charge in [0.1, 0.15) is 5.82 Å². The first kappa shape index (κ1) is 16.7. The van der Waals surface area contributed by atoms with Crippen LogP contribution in [0.3, 0.4) is 0 Å². The third-order valence-electron chi connectivity index (χ3n) is 3.86. The fourth-order valence-corrected chi connectivity index (χ4v) is 2.56. The molecule has 0 aliphatic carbocycles. The van der Waals surface area contributed by atoms with Gasteiger partial charge in [-0.15, -0.1) is 0 Å². The van der Waals surface area contributed by atoms with Crippen molar-refractivity contribution >= 4 is 23.4 Å². The van der Waals surface area contributed by atoms with Crippen LogP contribution in [0.4, 0.5) is 10.1 Å². The van der Waals surface area contributed by atoms with Crippen molar-refractivity contribution in [3.05, 3.63) is 54.2 Å².